The van der Waals surface area contributed by atoms with Gasteiger partial charge in [-0.1, -0.05) is 43.7 Å². The highest BCUT2D eigenvalue weighted by Crippen LogP contribution is 2.39. The maximum Gasteiger partial charge on any atom is 0.297 e. The van der Waals surface area contributed by atoms with Gasteiger partial charge in [-0.05, 0) is 55.2 Å². The van der Waals surface area contributed by atoms with Gasteiger partial charge in [0.15, 0.2) is 0 Å². The summed E-state index contributed by atoms with van der Waals surface area (Å²) in [5.41, 5.74) is 2.19. The molecule has 4 rings (SSSR count). The van der Waals surface area contributed by atoms with E-state index in [1.54, 1.807) is 24.3 Å². The predicted octanol–water partition coefficient (Wildman–Crippen LogP) is 3.80. The van der Waals surface area contributed by atoms with Crippen LogP contribution in [0.3, 0.4) is 0 Å². The number of nitrogens with zero attached hydrogens (tertiary/aromatic N) is 1. The summed E-state index contributed by atoms with van der Waals surface area (Å²) in [5, 5.41) is 2.31. The fourth-order valence-corrected chi connectivity index (χ4v) is 6.35. The molecule has 2 heterocycles. The third-order valence-corrected chi connectivity index (χ3v) is 8.76. The summed E-state index contributed by atoms with van der Waals surface area (Å²) in [4.78, 5) is 40.1. The molecule has 0 aromatic heterocycles. The quantitative estimate of drug-likeness (QED) is 0.307. The molecule has 0 radical (unpaired) electrons. The fraction of sp³-hybridized carbons (Fsp3) is 0.400. The second-order valence-electron chi connectivity index (χ2n) is 8.69. The highest BCUT2D eigenvalue weighted by atomic mass is 32.2. The number of rotatable bonds is 9. The smallest absolute Gasteiger partial charge is 0.297 e. The van der Waals surface area contributed by atoms with Crippen molar-refractivity contribution in [2.75, 3.05) is 6.61 Å². The lowest BCUT2D eigenvalue weighted by atomic mass is 10.0. The van der Waals surface area contributed by atoms with E-state index in [0.29, 0.717) is 18.4 Å². The lowest BCUT2D eigenvalue weighted by Gasteiger charge is -2.29. The first-order valence-corrected chi connectivity index (χ1v) is 13.9. The van der Waals surface area contributed by atoms with E-state index in [2.05, 4.69) is 5.32 Å². The molecular formula is C25H28N2O6S2. The summed E-state index contributed by atoms with van der Waals surface area (Å²) in [6.07, 6.45) is 3.04. The van der Waals surface area contributed by atoms with E-state index in [1.165, 1.54) is 22.7 Å². The summed E-state index contributed by atoms with van der Waals surface area (Å²) in [5.74, 6) is -1.03. The Hall–Kier alpha value is -2.69. The minimum absolute atomic E-state index is 0.0934. The normalized spacial score (nSPS) is 18.1. The first-order valence-electron chi connectivity index (χ1n) is 11.7. The molecule has 2 aliphatic heterocycles. The van der Waals surface area contributed by atoms with Crippen molar-refractivity contribution in [3.8, 4) is 0 Å². The first kappa shape index (κ1) is 25.4. The van der Waals surface area contributed by atoms with Crippen LogP contribution in [0.15, 0.2) is 51.1 Å². The van der Waals surface area contributed by atoms with E-state index in [1.807, 2.05) is 19.9 Å². The molecule has 2 aromatic carbocycles. The van der Waals surface area contributed by atoms with Gasteiger partial charge in [0.1, 0.15) is 6.04 Å². The zero-order chi connectivity index (χ0) is 25.2. The van der Waals surface area contributed by atoms with Crippen LogP contribution in [-0.4, -0.2) is 43.7 Å². The van der Waals surface area contributed by atoms with Crippen LogP contribution in [0.25, 0.3) is 0 Å². The number of nitrogens with one attached hydrogen (secondary N) is 1. The van der Waals surface area contributed by atoms with Gasteiger partial charge in [0.25, 0.3) is 16.0 Å². The average Bonchev–Trinajstić information content (AvgIpc) is 3.15. The number of piperidine rings is 1. The van der Waals surface area contributed by atoms with Crippen molar-refractivity contribution in [1.29, 1.82) is 0 Å². The number of benzene rings is 2. The van der Waals surface area contributed by atoms with Crippen LogP contribution in [-0.2, 0) is 30.4 Å². The molecule has 1 atom stereocenters. The van der Waals surface area contributed by atoms with E-state index < -0.39 is 22.1 Å². The second kappa shape index (κ2) is 10.5. The van der Waals surface area contributed by atoms with Crippen LogP contribution >= 0.6 is 11.8 Å². The average molecular weight is 517 g/mol. The molecule has 1 N–H and O–H groups in total. The summed E-state index contributed by atoms with van der Waals surface area (Å²) >= 11 is 1.38. The molecule has 1 fully saturated rings. The molecule has 1 saturated heterocycles. The van der Waals surface area contributed by atoms with Crippen molar-refractivity contribution in [3.63, 3.8) is 0 Å². The maximum atomic E-state index is 13.1. The molecular weight excluding hydrogens is 488 g/mol. The molecule has 10 heteroatoms. The molecule has 8 nitrogen and oxygen atoms in total. The van der Waals surface area contributed by atoms with Crippen molar-refractivity contribution in [3.05, 3.63) is 53.1 Å². The van der Waals surface area contributed by atoms with Gasteiger partial charge in [-0.25, -0.2) is 0 Å². The lowest BCUT2D eigenvalue weighted by Crippen LogP contribution is -2.52. The molecule has 2 aromatic rings. The molecule has 3 amide bonds. The standard InChI is InChI=1S/C25H28N2O6S2/c1-3-4-5-13-33-35(31,32)17-10-9-16(2)22(14-17)34-21-8-6-7-18-19(21)15-27(25(18)30)20-11-12-23(28)26-24(20)29/h6-10,14,20H,3-5,11-13,15H2,1-2H3,(H,26,28,29). The SMILES string of the molecule is CCCCCOS(=O)(=O)c1ccc(C)c(Sc2cccc3c2CN(C2CCC(=O)NC2=O)C3=O)c1. The number of amides is 3. The maximum absolute atomic E-state index is 13.1. The molecule has 186 valence electrons. The van der Waals surface area contributed by atoms with E-state index in [-0.39, 0.29) is 36.3 Å². The Morgan fingerprint density at radius 1 is 1.11 bits per heavy atom. The summed E-state index contributed by atoms with van der Waals surface area (Å²) in [7, 11) is -3.87. The van der Waals surface area contributed by atoms with E-state index >= 15 is 0 Å². The van der Waals surface area contributed by atoms with Gasteiger partial charge >= 0.3 is 0 Å². The third kappa shape index (κ3) is 5.44. The summed E-state index contributed by atoms with van der Waals surface area (Å²) in [6.45, 7) is 4.33. The Bertz CT molecular complexity index is 1270. The van der Waals surface area contributed by atoms with Gasteiger partial charge in [0, 0.05) is 28.3 Å². The number of carbonyl (C=O) groups is 3. The van der Waals surface area contributed by atoms with Crippen molar-refractivity contribution in [1.82, 2.24) is 10.2 Å². The minimum atomic E-state index is -3.87. The zero-order valence-corrected chi connectivity index (χ0v) is 21.3. The number of hydrogen-bond donors (Lipinski definition) is 1. The van der Waals surface area contributed by atoms with Crippen LogP contribution in [0.5, 0.6) is 0 Å². The number of unbranched alkanes of at least 4 members (excludes halogenated alkanes) is 2. The highest BCUT2D eigenvalue weighted by molar-refractivity contribution is 7.99. The zero-order valence-electron chi connectivity index (χ0n) is 19.7. The van der Waals surface area contributed by atoms with Crippen molar-refractivity contribution in [2.45, 2.75) is 73.2 Å². The van der Waals surface area contributed by atoms with Crippen molar-refractivity contribution >= 4 is 39.6 Å². The van der Waals surface area contributed by atoms with Crippen molar-refractivity contribution in [2.24, 2.45) is 0 Å². The Morgan fingerprint density at radius 2 is 1.91 bits per heavy atom. The molecule has 0 saturated carbocycles. The van der Waals surface area contributed by atoms with Crippen LogP contribution in [0.2, 0.25) is 0 Å². The molecule has 1 unspecified atom stereocenters. The largest absolute Gasteiger partial charge is 0.322 e. The summed E-state index contributed by atoms with van der Waals surface area (Å²) < 4.78 is 30.5. The molecule has 0 bridgehead atoms. The van der Waals surface area contributed by atoms with Gasteiger partial charge in [0.2, 0.25) is 11.8 Å². The Kier molecular flexibility index (Phi) is 7.63. The van der Waals surface area contributed by atoms with Crippen LogP contribution < -0.4 is 5.32 Å². The Balaban J connectivity index is 1.56. The molecule has 35 heavy (non-hydrogen) atoms. The number of hydrogen-bond acceptors (Lipinski definition) is 7. The number of aryl methyl sites for hydroxylation is 1. The predicted molar refractivity (Wildman–Crippen MR) is 130 cm³/mol. The van der Waals surface area contributed by atoms with Crippen molar-refractivity contribution < 1.29 is 27.0 Å². The van der Waals surface area contributed by atoms with E-state index in [0.717, 1.165) is 33.8 Å². The third-order valence-electron chi connectivity index (χ3n) is 6.19. The first-order chi connectivity index (χ1) is 16.7. The Morgan fingerprint density at radius 3 is 2.66 bits per heavy atom. The van der Waals surface area contributed by atoms with Crippen LogP contribution in [0.4, 0.5) is 0 Å². The molecule has 0 spiro atoms. The number of imide groups is 1. The number of fused-ring (bicyclic) bond motifs is 1. The van der Waals surface area contributed by atoms with Gasteiger partial charge in [-0.3, -0.25) is 23.9 Å². The Labute approximate surface area is 209 Å². The fourth-order valence-electron chi connectivity index (χ4n) is 4.21. The van der Waals surface area contributed by atoms with E-state index in [9.17, 15) is 22.8 Å². The van der Waals surface area contributed by atoms with E-state index in [4.69, 9.17) is 4.18 Å². The summed E-state index contributed by atoms with van der Waals surface area (Å²) in [6, 6.07) is 9.58. The van der Waals surface area contributed by atoms with Crippen LogP contribution in [0.1, 0.15) is 60.5 Å². The topological polar surface area (TPSA) is 110 Å². The van der Waals surface area contributed by atoms with Gasteiger partial charge in [-0.15, -0.1) is 0 Å². The monoisotopic (exact) mass is 516 g/mol. The second-order valence-corrected chi connectivity index (χ2v) is 11.4. The van der Waals surface area contributed by atoms with Gasteiger partial charge in [-0.2, -0.15) is 8.42 Å². The molecule has 0 aliphatic carbocycles. The minimum Gasteiger partial charge on any atom is -0.322 e. The highest BCUT2D eigenvalue weighted by Gasteiger charge is 2.39. The molecule has 2 aliphatic rings. The van der Waals surface area contributed by atoms with Crippen LogP contribution in [0, 0.1) is 6.92 Å². The van der Waals surface area contributed by atoms with Gasteiger partial charge in [0.05, 0.1) is 11.5 Å². The lowest BCUT2D eigenvalue weighted by molar-refractivity contribution is -0.136. The van der Waals surface area contributed by atoms with Gasteiger partial charge < -0.3 is 4.90 Å². The number of carbonyl (C=O) groups excluding carboxylic acids is 3.